The summed E-state index contributed by atoms with van der Waals surface area (Å²) in [6, 6.07) is -0.278. The zero-order valence-electron chi connectivity index (χ0n) is 12.5. The Morgan fingerprint density at radius 2 is 1.74 bits per heavy atom. The van der Waals surface area contributed by atoms with Gasteiger partial charge >= 0.3 is 12.0 Å². The van der Waals surface area contributed by atoms with Crippen LogP contribution in [-0.2, 0) is 4.79 Å². The van der Waals surface area contributed by atoms with Gasteiger partial charge in [-0.15, -0.1) is 0 Å². The lowest BCUT2D eigenvalue weighted by Crippen LogP contribution is -2.58. The molecule has 19 heavy (non-hydrogen) atoms. The number of hydrogen-bond acceptors (Lipinski definition) is 2. The Hall–Kier alpha value is -1.26. The molecule has 0 bridgehead atoms. The molecular formula is C14H26N2O3. The molecule has 5 nitrogen and oxygen atoms in total. The van der Waals surface area contributed by atoms with Crippen molar-refractivity contribution in [3.8, 4) is 0 Å². The summed E-state index contributed by atoms with van der Waals surface area (Å²) in [5, 5.41) is 12.0. The molecule has 0 aliphatic heterocycles. The number of urea groups is 1. The minimum atomic E-state index is -0.987. The Kier molecular flexibility index (Phi) is 4.82. The number of carbonyl (C=O) groups excluding carboxylic acids is 1. The number of carboxylic acid groups (broad SMARTS) is 1. The van der Waals surface area contributed by atoms with Gasteiger partial charge in [-0.1, -0.05) is 19.3 Å². The highest BCUT2D eigenvalue weighted by Gasteiger charge is 2.34. The first-order chi connectivity index (χ1) is 8.64. The fourth-order valence-electron chi connectivity index (χ4n) is 2.53. The molecule has 1 aliphatic carbocycles. The molecule has 0 saturated heterocycles. The van der Waals surface area contributed by atoms with Gasteiger partial charge < -0.3 is 15.3 Å². The molecule has 1 aliphatic rings. The molecule has 0 heterocycles. The van der Waals surface area contributed by atoms with E-state index in [0.29, 0.717) is 0 Å². The van der Waals surface area contributed by atoms with Gasteiger partial charge in [-0.05, 0) is 40.5 Å². The molecule has 2 amide bonds. The lowest BCUT2D eigenvalue weighted by Gasteiger charge is -2.40. The van der Waals surface area contributed by atoms with Crippen LogP contribution >= 0.6 is 0 Å². The van der Waals surface area contributed by atoms with Crippen LogP contribution in [0.3, 0.4) is 0 Å². The van der Waals surface area contributed by atoms with E-state index >= 15 is 0 Å². The van der Waals surface area contributed by atoms with Crippen LogP contribution in [0, 0.1) is 0 Å². The number of aliphatic carboxylic acids is 1. The van der Waals surface area contributed by atoms with E-state index in [4.69, 9.17) is 5.11 Å². The number of carboxylic acids is 1. The second-order valence-corrected chi connectivity index (χ2v) is 6.70. The average molecular weight is 270 g/mol. The van der Waals surface area contributed by atoms with Gasteiger partial charge in [0.15, 0.2) is 0 Å². The highest BCUT2D eigenvalue weighted by atomic mass is 16.4. The quantitative estimate of drug-likeness (QED) is 0.828. The van der Waals surface area contributed by atoms with Gasteiger partial charge in [-0.2, -0.15) is 0 Å². The van der Waals surface area contributed by atoms with E-state index in [2.05, 4.69) is 5.32 Å². The summed E-state index contributed by atoms with van der Waals surface area (Å²) in [7, 11) is 0. The molecule has 1 saturated carbocycles. The van der Waals surface area contributed by atoms with Crippen LogP contribution in [0.2, 0.25) is 0 Å². The summed E-state index contributed by atoms with van der Waals surface area (Å²) >= 11 is 0. The molecule has 0 aromatic carbocycles. The molecule has 1 fully saturated rings. The molecule has 2 N–H and O–H groups in total. The average Bonchev–Trinajstić information content (AvgIpc) is 2.24. The molecule has 0 aromatic rings. The maximum Gasteiger partial charge on any atom is 0.323 e. The minimum absolute atomic E-state index is 0.197. The molecule has 0 atom stereocenters. The second-order valence-electron chi connectivity index (χ2n) is 6.70. The van der Waals surface area contributed by atoms with Crippen molar-refractivity contribution in [2.75, 3.05) is 6.54 Å². The third-order valence-electron chi connectivity index (χ3n) is 3.71. The number of nitrogens with one attached hydrogen (secondary N) is 1. The first-order valence-electron chi connectivity index (χ1n) is 6.96. The summed E-state index contributed by atoms with van der Waals surface area (Å²) in [6.45, 7) is 7.31. The topological polar surface area (TPSA) is 69.6 Å². The van der Waals surface area contributed by atoms with Crippen molar-refractivity contribution in [2.45, 2.75) is 70.9 Å². The summed E-state index contributed by atoms with van der Waals surface area (Å²) in [5.74, 6) is -0.987. The summed E-state index contributed by atoms with van der Waals surface area (Å²) < 4.78 is 0. The minimum Gasteiger partial charge on any atom is -0.480 e. The highest BCUT2D eigenvalue weighted by molar-refractivity contribution is 5.81. The van der Waals surface area contributed by atoms with Crippen LogP contribution in [0.15, 0.2) is 0 Å². The second kappa shape index (κ2) is 5.80. The number of rotatable bonds is 3. The van der Waals surface area contributed by atoms with E-state index in [1.165, 1.54) is 11.3 Å². The van der Waals surface area contributed by atoms with Gasteiger partial charge in [-0.25, -0.2) is 4.79 Å². The maximum atomic E-state index is 12.4. The summed E-state index contributed by atoms with van der Waals surface area (Å²) in [6.07, 6.45) is 5.37. The molecule has 0 aromatic heterocycles. The van der Waals surface area contributed by atoms with E-state index in [-0.39, 0.29) is 18.1 Å². The molecule has 110 valence electrons. The highest BCUT2D eigenvalue weighted by Crippen LogP contribution is 2.28. The number of carbonyl (C=O) groups is 2. The first kappa shape index (κ1) is 15.8. The third-order valence-corrected chi connectivity index (χ3v) is 3.71. The Labute approximate surface area is 115 Å². The first-order valence-corrected chi connectivity index (χ1v) is 6.96. The van der Waals surface area contributed by atoms with Crippen LogP contribution in [-0.4, -0.2) is 39.6 Å². The number of hydrogen-bond donors (Lipinski definition) is 2. The van der Waals surface area contributed by atoms with E-state index in [1.54, 1.807) is 0 Å². The largest absolute Gasteiger partial charge is 0.480 e. The van der Waals surface area contributed by atoms with Gasteiger partial charge in [0.05, 0.1) is 0 Å². The molecular weight excluding hydrogens is 244 g/mol. The Morgan fingerprint density at radius 1 is 1.21 bits per heavy atom. The molecule has 0 unspecified atom stereocenters. The molecule has 0 spiro atoms. The van der Waals surface area contributed by atoms with E-state index < -0.39 is 11.5 Å². The third kappa shape index (κ3) is 4.73. The van der Waals surface area contributed by atoms with Crippen LogP contribution in [0.4, 0.5) is 4.79 Å². The molecule has 1 rings (SSSR count). The van der Waals surface area contributed by atoms with Crippen molar-refractivity contribution < 1.29 is 14.7 Å². The van der Waals surface area contributed by atoms with Crippen LogP contribution in [0.25, 0.3) is 0 Å². The standard InChI is InChI=1S/C14H26N2O3/c1-13(2,3)16(10-11(17)18)12(19)15-14(4)8-6-5-7-9-14/h5-10H2,1-4H3,(H,15,19)(H,17,18). The smallest absolute Gasteiger partial charge is 0.323 e. The van der Waals surface area contributed by atoms with E-state index in [1.807, 2.05) is 27.7 Å². The zero-order valence-corrected chi connectivity index (χ0v) is 12.5. The van der Waals surface area contributed by atoms with Crippen molar-refractivity contribution in [1.29, 1.82) is 0 Å². The maximum absolute atomic E-state index is 12.4. The lowest BCUT2D eigenvalue weighted by molar-refractivity contribution is -0.138. The number of amides is 2. The van der Waals surface area contributed by atoms with Crippen LogP contribution < -0.4 is 5.32 Å². The predicted octanol–water partition coefficient (Wildman–Crippen LogP) is 2.60. The van der Waals surface area contributed by atoms with E-state index in [9.17, 15) is 9.59 Å². The summed E-state index contributed by atoms with van der Waals surface area (Å²) in [5.41, 5.74) is -0.704. The van der Waals surface area contributed by atoms with Crippen molar-refractivity contribution in [3.05, 3.63) is 0 Å². The van der Waals surface area contributed by atoms with Crippen LogP contribution in [0.1, 0.15) is 59.8 Å². The Bertz CT molecular complexity index is 341. The monoisotopic (exact) mass is 270 g/mol. The molecule has 0 radical (unpaired) electrons. The molecule has 5 heteroatoms. The predicted molar refractivity (Wildman–Crippen MR) is 74.1 cm³/mol. The Morgan fingerprint density at radius 3 is 2.16 bits per heavy atom. The fraction of sp³-hybridized carbons (Fsp3) is 0.857. The lowest BCUT2D eigenvalue weighted by atomic mass is 9.83. The Balaban J connectivity index is 2.74. The van der Waals surface area contributed by atoms with Crippen molar-refractivity contribution in [3.63, 3.8) is 0 Å². The summed E-state index contributed by atoms with van der Waals surface area (Å²) in [4.78, 5) is 24.6. The van der Waals surface area contributed by atoms with Crippen molar-refractivity contribution in [2.24, 2.45) is 0 Å². The van der Waals surface area contributed by atoms with E-state index in [0.717, 1.165) is 25.7 Å². The van der Waals surface area contributed by atoms with Gasteiger partial charge in [-0.3, -0.25) is 4.79 Å². The normalized spacial score (nSPS) is 18.7. The zero-order chi connectivity index (χ0) is 14.7. The van der Waals surface area contributed by atoms with Crippen LogP contribution in [0.5, 0.6) is 0 Å². The van der Waals surface area contributed by atoms with Gasteiger partial charge in [0.2, 0.25) is 0 Å². The van der Waals surface area contributed by atoms with Gasteiger partial charge in [0, 0.05) is 11.1 Å². The SMILES string of the molecule is CC1(NC(=O)N(CC(=O)O)C(C)(C)C)CCCCC1. The van der Waals surface area contributed by atoms with Crippen molar-refractivity contribution in [1.82, 2.24) is 10.2 Å². The van der Waals surface area contributed by atoms with Gasteiger partial charge in [0.25, 0.3) is 0 Å². The number of nitrogens with zero attached hydrogens (tertiary/aromatic N) is 1. The fourth-order valence-corrected chi connectivity index (χ4v) is 2.53. The van der Waals surface area contributed by atoms with Gasteiger partial charge in [0.1, 0.15) is 6.54 Å². The van der Waals surface area contributed by atoms with Crippen molar-refractivity contribution >= 4 is 12.0 Å².